The molecule has 0 aliphatic heterocycles. The molecule has 0 bridgehead atoms. The zero-order valence-electron chi connectivity index (χ0n) is 13.9. The quantitative estimate of drug-likeness (QED) is 0.466. The highest BCUT2D eigenvalue weighted by Crippen LogP contribution is 2.30. The number of Topliss-reactive ketones (excluding diaryl/α,β-unsaturated/α-hetero) is 1. The second-order valence-corrected chi connectivity index (χ2v) is 7.20. The van der Waals surface area contributed by atoms with Crippen molar-refractivity contribution in [1.82, 2.24) is 4.98 Å². The molecule has 0 spiro atoms. The first-order chi connectivity index (χ1) is 12.3. The minimum absolute atomic E-state index is 0.0699. The third-order valence-electron chi connectivity index (χ3n) is 3.43. The molecular formula is C18H16BrCl2NO4. The van der Waals surface area contributed by atoms with Crippen molar-refractivity contribution < 1.29 is 19.4 Å². The predicted octanol–water partition coefficient (Wildman–Crippen LogP) is 4.97. The number of halogens is 3. The Morgan fingerprint density at radius 3 is 2.42 bits per heavy atom. The summed E-state index contributed by atoms with van der Waals surface area (Å²) in [6.07, 6.45) is 0.204. The fraction of sp³-hybridized carbons (Fsp3) is 0.278. The van der Waals surface area contributed by atoms with Gasteiger partial charge in [0.2, 0.25) is 0 Å². The Morgan fingerprint density at radius 1 is 1.15 bits per heavy atom. The number of pyridine rings is 1. The van der Waals surface area contributed by atoms with Gasteiger partial charge in [-0.25, -0.2) is 4.98 Å². The smallest absolute Gasteiger partial charge is 0.306 e. The number of esters is 1. The van der Waals surface area contributed by atoms with Crippen LogP contribution in [0.3, 0.4) is 0 Å². The van der Waals surface area contributed by atoms with Crippen molar-refractivity contribution in [3.8, 4) is 5.75 Å². The van der Waals surface area contributed by atoms with Crippen LogP contribution in [0.25, 0.3) is 0 Å². The van der Waals surface area contributed by atoms with Gasteiger partial charge in [-0.3, -0.25) is 9.59 Å². The van der Waals surface area contributed by atoms with E-state index in [2.05, 4.69) is 20.9 Å². The maximum absolute atomic E-state index is 12.3. The molecule has 0 unspecified atom stereocenters. The van der Waals surface area contributed by atoms with E-state index in [4.69, 9.17) is 27.9 Å². The molecule has 8 heteroatoms. The van der Waals surface area contributed by atoms with Crippen molar-refractivity contribution in [3.05, 3.63) is 55.7 Å². The van der Waals surface area contributed by atoms with E-state index >= 15 is 0 Å². The van der Waals surface area contributed by atoms with Crippen LogP contribution in [0.5, 0.6) is 5.75 Å². The predicted molar refractivity (Wildman–Crippen MR) is 103 cm³/mol. The number of aromatic hydroxyl groups is 1. The highest BCUT2D eigenvalue weighted by molar-refractivity contribution is 9.10. The molecule has 1 aromatic carbocycles. The lowest BCUT2D eigenvalue weighted by molar-refractivity contribution is -0.143. The van der Waals surface area contributed by atoms with Crippen LogP contribution < -0.4 is 0 Å². The average molecular weight is 461 g/mol. The Hall–Kier alpha value is -1.63. The first-order valence-corrected chi connectivity index (χ1v) is 9.37. The topological polar surface area (TPSA) is 76.5 Å². The zero-order chi connectivity index (χ0) is 19.3. The third-order valence-corrected chi connectivity index (χ3v) is 4.47. The molecule has 2 aromatic rings. The molecule has 1 N–H and O–H groups in total. The number of benzene rings is 1. The number of carbonyl (C=O) groups excluding carboxylic acids is 2. The summed E-state index contributed by atoms with van der Waals surface area (Å²) >= 11 is 15.2. The number of hydrogen-bond donors (Lipinski definition) is 1. The SMILES string of the molecule is CCOC(=O)CCC(=O)c1nc(Cc2cc(Cl)cc(Cl)c2)cc(Br)c1O. The summed E-state index contributed by atoms with van der Waals surface area (Å²) in [6, 6.07) is 6.74. The summed E-state index contributed by atoms with van der Waals surface area (Å²) in [5.41, 5.74) is 1.27. The van der Waals surface area contributed by atoms with Gasteiger partial charge in [-0.2, -0.15) is 0 Å². The highest BCUT2D eigenvalue weighted by atomic mass is 79.9. The second kappa shape index (κ2) is 9.35. The van der Waals surface area contributed by atoms with Gasteiger partial charge in [0.1, 0.15) is 5.69 Å². The van der Waals surface area contributed by atoms with Crippen molar-refractivity contribution in [3.63, 3.8) is 0 Å². The van der Waals surface area contributed by atoms with Crippen molar-refractivity contribution in [2.24, 2.45) is 0 Å². The van der Waals surface area contributed by atoms with Gasteiger partial charge < -0.3 is 9.84 Å². The van der Waals surface area contributed by atoms with Gasteiger partial charge in [0, 0.05) is 28.6 Å². The normalized spacial score (nSPS) is 10.6. The van der Waals surface area contributed by atoms with E-state index in [1.54, 1.807) is 31.2 Å². The molecule has 0 aliphatic rings. The summed E-state index contributed by atoms with van der Waals surface area (Å²) in [7, 11) is 0. The van der Waals surface area contributed by atoms with Crippen molar-refractivity contribution in [1.29, 1.82) is 0 Å². The molecule has 5 nitrogen and oxygen atoms in total. The molecule has 138 valence electrons. The summed E-state index contributed by atoms with van der Waals surface area (Å²) in [5.74, 6) is -1.17. The highest BCUT2D eigenvalue weighted by Gasteiger charge is 2.19. The fourth-order valence-corrected chi connectivity index (χ4v) is 3.35. The lowest BCUT2D eigenvalue weighted by atomic mass is 10.1. The summed E-state index contributed by atoms with van der Waals surface area (Å²) in [6.45, 7) is 1.94. The number of hydrogen-bond acceptors (Lipinski definition) is 5. The largest absolute Gasteiger partial charge is 0.504 e. The maximum atomic E-state index is 12.3. The lowest BCUT2D eigenvalue weighted by Gasteiger charge is -2.09. The van der Waals surface area contributed by atoms with E-state index in [9.17, 15) is 14.7 Å². The molecule has 0 saturated carbocycles. The van der Waals surface area contributed by atoms with Crippen LogP contribution in [0.2, 0.25) is 10.0 Å². The maximum Gasteiger partial charge on any atom is 0.306 e. The number of ketones is 1. The fourth-order valence-electron chi connectivity index (χ4n) is 2.33. The van der Waals surface area contributed by atoms with E-state index in [0.29, 0.717) is 26.6 Å². The third kappa shape index (κ3) is 5.69. The molecule has 0 aliphatic carbocycles. The Labute approximate surface area is 169 Å². The van der Waals surface area contributed by atoms with Crippen molar-refractivity contribution in [2.75, 3.05) is 6.61 Å². The second-order valence-electron chi connectivity index (χ2n) is 5.48. The molecule has 0 amide bonds. The van der Waals surface area contributed by atoms with Crippen LogP contribution in [0.15, 0.2) is 28.7 Å². The van der Waals surface area contributed by atoms with E-state index in [1.165, 1.54) is 0 Å². The van der Waals surface area contributed by atoms with E-state index in [0.717, 1.165) is 5.56 Å². The first-order valence-electron chi connectivity index (χ1n) is 7.82. The van der Waals surface area contributed by atoms with Crippen LogP contribution >= 0.6 is 39.1 Å². The van der Waals surface area contributed by atoms with Crippen LogP contribution in [0, 0.1) is 0 Å². The van der Waals surface area contributed by atoms with Crippen LogP contribution in [-0.2, 0) is 16.0 Å². The molecule has 2 rings (SSSR count). The van der Waals surface area contributed by atoms with E-state index in [1.807, 2.05) is 0 Å². The van der Waals surface area contributed by atoms with Gasteiger partial charge >= 0.3 is 5.97 Å². The molecule has 0 fully saturated rings. The van der Waals surface area contributed by atoms with Crippen molar-refractivity contribution >= 4 is 50.9 Å². The molecule has 0 atom stereocenters. The van der Waals surface area contributed by atoms with Crippen molar-refractivity contribution in [2.45, 2.75) is 26.2 Å². The first kappa shape index (κ1) is 20.7. The number of rotatable bonds is 7. The summed E-state index contributed by atoms with van der Waals surface area (Å²) in [4.78, 5) is 28.0. The molecule has 0 saturated heterocycles. The number of aromatic nitrogens is 1. The standard InChI is InChI=1S/C18H16BrCl2NO4/c1-2-26-16(24)4-3-15(23)17-18(25)14(19)9-13(22-17)7-10-5-11(20)8-12(21)6-10/h5-6,8-9,25H,2-4,7H2,1H3. The monoisotopic (exact) mass is 459 g/mol. The molecule has 26 heavy (non-hydrogen) atoms. The molecule has 1 aromatic heterocycles. The van der Waals surface area contributed by atoms with E-state index in [-0.39, 0.29) is 30.9 Å². The molecule has 1 heterocycles. The van der Waals surface area contributed by atoms with Gasteiger partial charge in [0.25, 0.3) is 0 Å². The zero-order valence-corrected chi connectivity index (χ0v) is 17.0. The minimum Gasteiger partial charge on any atom is -0.504 e. The van der Waals surface area contributed by atoms with Gasteiger partial charge in [-0.15, -0.1) is 0 Å². The Balaban J connectivity index is 2.22. The summed E-state index contributed by atoms with van der Waals surface area (Å²) < 4.78 is 5.14. The number of carbonyl (C=O) groups is 2. The van der Waals surface area contributed by atoms with Crippen LogP contribution in [0.1, 0.15) is 41.5 Å². The Bertz CT molecular complexity index is 822. The summed E-state index contributed by atoms with van der Waals surface area (Å²) in [5, 5.41) is 11.1. The number of ether oxygens (including phenoxy) is 1. The molecule has 0 radical (unpaired) electrons. The van der Waals surface area contributed by atoms with Gasteiger partial charge in [-0.05, 0) is 52.7 Å². The molecular weight excluding hydrogens is 445 g/mol. The average Bonchev–Trinajstić information content (AvgIpc) is 2.55. The van der Waals surface area contributed by atoms with Gasteiger partial charge in [-0.1, -0.05) is 23.2 Å². The Morgan fingerprint density at radius 2 is 1.81 bits per heavy atom. The Kier molecular flexibility index (Phi) is 7.43. The lowest BCUT2D eigenvalue weighted by Crippen LogP contribution is -2.10. The van der Waals surface area contributed by atoms with Crippen LogP contribution in [-0.4, -0.2) is 28.4 Å². The van der Waals surface area contributed by atoms with Gasteiger partial charge in [0.15, 0.2) is 11.5 Å². The minimum atomic E-state index is -0.468. The van der Waals surface area contributed by atoms with E-state index < -0.39 is 11.8 Å². The van der Waals surface area contributed by atoms with Crippen LogP contribution in [0.4, 0.5) is 0 Å². The van der Waals surface area contributed by atoms with Gasteiger partial charge in [0.05, 0.1) is 17.5 Å². The number of nitrogens with zero attached hydrogens (tertiary/aromatic N) is 1.